The molecule has 1 amide bonds. The summed E-state index contributed by atoms with van der Waals surface area (Å²) in [6.07, 6.45) is 1.47. The van der Waals surface area contributed by atoms with Crippen LogP contribution in [0.25, 0.3) is 5.70 Å². The molecule has 0 saturated carbocycles. The number of carbonyl (C=O) groups excluding carboxylic acids is 2. The van der Waals surface area contributed by atoms with Crippen LogP contribution in [0.5, 0.6) is 0 Å². The predicted molar refractivity (Wildman–Crippen MR) is 110 cm³/mol. The molecule has 0 spiro atoms. The van der Waals surface area contributed by atoms with Crippen molar-refractivity contribution in [2.24, 2.45) is 0 Å². The van der Waals surface area contributed by atoms with Gasteiger partial charge in [0.15, 0.2) is 5.78 Å². The van der Waals surface area contributed by atoms with Gasteiger partial charge in [-0.1, -0.05) is 42.5 Å². The molecule has 0 aromatic heterocycles. The molecule has 0 bridgehead atoms. The lowest BCUT2D eigenvalue weighted by Gasteiger charge is -2.15. The molecule has 0 aliphatic carbocycles. The Hall–Kier alpha value is -3.73. The van der Waals surface area contributed by atoms with Crippen molar-refractivity contribution < 1.29 is 14.0 Å². The molecule has 3 aromatic rings. The second-order valence-corrected chi connectivity index (χ2v) is 6.15. The number of rotatable bonds is 6. The summed E-state index contributed by atoms with van der Waals surface area (Å²) < 4.78 is 13.1. The summed E-state index contributed by atoms with van der Waals surface area (Å²) in [7, 11) is 0. The monoisotopic (exact) mass is 374 g/mol. The maximum Gasteiger partial charge on any atom is 0.221 e. The van der Waals surface area contributed by atoms with Gasteiger partial charge in [0, 0.05) is 24.3 Å². The summed E-state index contributed by atoms with van der Waals surface area (Å²) in [6, 6.07) is 22.0. The summed E-state index contributed by atoms with van der Waals surface area (Å²) >= 11 is 0. The first-order chi connectivity index (χ1) is 13.5. The normalized spacial score (nSPS) is 11.0. The molecular formula is C23H19FN2O2. The topological polar surface area (TPSA) is 58.2 Å². The smallest absolute Gasteiger partial charge is 0.221 e. The lowest BCUT2D eigenvalue weighted by atomic mass is 10.1. The Kier molecular flexibility index (Phi) is 5.97. The minimum atomic E-state index is -0.397. The fourth-order valence-electron chi connectivity index (χ4n) is 2.67. The van der Waals surface area contributed by atoms with E-state index in [2.05, 4.69) is 10.6 Å². The number of halogens is 1. The Morgan fingerprint density at radius 1 is 0.750 bits per heavy atom. The van der Waals surface area contributed by atoms with Crippen molar-refractivity contribution in [2.45, 2.75) is 6.92 Å². The summed E-state index contributed by atoms with van der Waals surface area (Å²) in [6.45, 7) is 1.43. The van der Waals surface area contributed by atoms with Crippen LogP contribution in [0.1, 0.15) is 22.8 Å². The third-order valence-corrected chi connectivity index (χ3v) is 4.00. The molecule has 0 heterocycles. The van der Waals surface area contributed by atoms with Crippen LogP contribution in [0.3, 0.4) is 0 Å². The Labute approximate surface area is 162 Å². The molecule has 3 rings (SSSR count). The van der Waals surface area contributed by atoms with E-state index in [1.165, 1.54) is 37.3 Å². The Morgan fingerprint density at radius 2 is 1.32 bits per heavy atom. The average Bonchev–Trinajstić information content (AvgIpc) is 2.69. The fourth-order valence-corrected chi connectivity index (χ4v) is 2.67. The van der Waals surface area contributed by atoms with Crippen molar-refractivity contribution in [2.75, 3.05) is 10.6 Å². The first kappa shape index (κ1) is 19.0. The zero-order valence-electron chi connectivity index (χ0n) is 15.3. The fraction of sp³-hybridized carbons (Fsp3) is 0.0435. The van der Waals surface area contributed by atoms with E-state index >= 15 is 0 Å². The number of carbonyl (C=O) groups is 2. The van der Waals surface area contributed by atoms with E-state index in [4.69, 9.17) is 0 Å². The van der Waals surface area contributed by atoms with Crippen molar-refractivity contribution in [3.05, 3.63) is 102 Å². The second kappa shape index (κ2) is 8.77. The van der Waals surface area contributed by atoms with Gasteiger partial charge in [-0.05, 0) is 42.0 Å². The van der Waals surface area contributed by atoms with Gasteiger partial charge in [0.25, 0.3) is 0 Å². The molecule has 28 heavy (non-hydrogen) atoms. The van der Waals surface area contributed by atoms with Crippen molar-refractivity contribution in [3.8, 4) is 0 Å². The molecule has 5 heteroatoms. The lowest BCUT2D eigenvalue weighted by Crippen LogP contribution is -2.10. The van der Waals surface area contributed by atoms with E-state index in [-0.39, 0.29) is 11.7 Å². The second-order valence-electron chi connectivity index (χ2n) is 6.15. The van der Waals surface area contributed by atoms with Crippen LogP contribution in [-0.2, 0) is 4.79 Å². The zero-order valence-corrected chi connectivity index (χ0v) is 15.3. The number of nitrogens with one attached hydrogen (secondary N) is 2. The maximum atomic E-state index is 13.1. The summed E-state index contributed by atoms with van der Waals surface area (Å²) in [5.74, 6) is -0.851. The van der Waals surface area contributed by atoms with Crippen molar-refractivity contribution in [1.82, 2.24) is 0 Å². The highest BCUT2D eigenvalue weighted by Gasteiger charge is 2.10. The zero-order chi connectivity index (χ0) is 19.9. The standard InChI is InChI=1S/C23H19FN2O2/c1-16(27)25-20-9-5-6-10-21(20)26-22(17-7-3-2-4-8-17)15-23(28)18-11-13-19(24)14-12-18/h2-15,26H,1H3,(H,25,27)/b22-15-. The molecule has 0 radical (unpaired) electrons. The first-order valence-electron chi connectivity index (χ1n) is 8.73. The van der Waals surface area contributed by atoms with Crippen molar-refractivity contribution in [3.63, 3.8) is 0 Å². The highest BCUT2D eigenvalue weighted by Crippen LogP contribution is 2.26. The minimum Gasteiger partial charge on any atom is -0.353 e. The van der Waals surface area contributed by atoms with Gasteiger partial charge in [0.05, 0.1) is 11.4 Å². The molecule has 0 atom stereocenters. The van der Waals surface area contributed by atoms with Crippen LogP contribution in [0.15, 0.2) is 84.9 Å². The molecule has 0 aliphatic heterocycles. The molecule has 0 aliphatic rings. The predicted octanol–water partition coefficient (Wildman–Crippen LogP) is 5.12. The van der Waals surface area contributed by atoms with Gasteiger partial charge in [-0.15, -0.1) is 0 Å². The van der Waals surface area contributed by atoms with Crippen LogP contribution in [0, 0.1) is 5.82 Å². The maximum absolute atomic E-state index is 13.1. The van der Waals surface area contributed by atoms with Crippen LogP contribution < -0.4 is 10.6 Å². The minimum absolute atomic E-state index is 0.193. The number of amides is 1. The average molecular weight is 374 g/mol. The van der Waals surface area contributed by atoms with Crippen molar-refractivity contribution in [1.29, 1.82) is 0 Å². The Balaban J connectivity index is 1.98. The van der Waals surface area contributed by atoms with Gasteiger partial charge in [0.2, 0.25) is 5.91 Å². The van der Waals surface area contributed by atoms with Gasteiger partial charge in [0.1, 0.15) is 5.82 Å². The quantitative estimate of drug-likeness (QED) is 0.465. The van der Waals surface area contributed by atoms with Crippen LogP contribution in [0.4, 0.5) is 15.8 Å². The highest BCUT2D eigenvalue weighted by atomic mass is 19.1. The van der Waals surface area contributed by atoms with E-state index in [0.717, 1.165) is 5.56 Å². The number of para-hydroxylation sites is 2. The number of hydrogen-bond acceptors (Lipinski definition) is 3. The summed E-state index contributed by atoms with van der Waals surface area (Å²) in [5, 5.41) is 6.00. The van der Waals surface area contributed by atoms with Crippen LogP contribution >= 0.6 is 0 Å². The number of anilines is 2. The third kappa shape index (κ3) is 4.92. The lowest BCUT2D eigenvalue weighted by molar-refractivity contribution is -0.114. The Bertz CT molecular complexity index is 1010. The van der Waals surface area contributed by atoms with Gasteiger partial charge in [-0.25, -0.2) is 4.39 Å². The molecule has 0 unspecified atom stereocenters. The SMILES string of the molecule is CC(=O)Nc1ccccc1N/C(=C\C(=O)c1ccc(F)cc1)c1ccccc1. The summed E-state index contributed by atoms with van der Waals surface area (Å²) in [4.78, 5) is 24.2. The summed E-state index contributed by atoms with van der Waals surface area (Å²) in [5.41, 5.74) is 3.00. The molecule has 3 aromatic carbocycles. The number of hydrogen-bond donors (Lipinski definition) is 2. The van der Waals surface area contributed by atoms with E-state index in [0.29, 0.717) is 22.6 Å². The number of allylic oxidation sites excluding steroid dienone is 1. The Morgan fingerprint density at radius 3 is 1.93 bits per heavy atom. The van der Waals surface area contributed by atoms with Crippen LogP contribution in [-0.4, -0.2) is 11.7 Å². The molecule has 0 fully saturated rings. The number of ketones is 1. The van der Waals surface area contributed by atoms with Crippen LogP contribution in [0.2, 0.25) is 0 Å². The first-order valence-corrected chi connectivity index (χ1v) is 8.73. The highest BCUT2D eigenvalue weighted by molar-refractivity contribution is 6.10. The van der Waals surface area contributed by atoms with E-state index in [1.807, 2.05) is 48.5 Å². The van der Waals surface area contributed by atoms with Gasteiger partial charge >= 0.3 is 0 Å². The van der Waals surface area contributed by atoms with E-state index < -0.39 is 5.82 Å². The number of benzene rings is 3. The van der Waals surface area contributed by atoms with Gasteiger partial charge in [-0.3, -0.25) is 9.59 Å². The third-order valence-electron chi connectivity index (χ3n) is 4.00. The molecule has 4 nitrogen and oxygen atoms in total. The molecule has 0 saturated heterocycles. The largest absolute Gasteiger partial charge is 0.353 e. The molecular weight excluding hydrogens is 355 g/mol. The van der Waals surface area contributed by atoms with E-state index in [9.17, 15) is 14.0 Å². The van der Waals surface area contributed by atoms with E-state index in [1.54, 1.807) is 6.07 Å². The molecule has 2 N–H and O–H groups in total. The van der Waals surface area contributed by atoms with Gasteiger partial charge < -0.3 is 10.6 Å². The van der Waals surface area contributed by atoms with Crippen molar-refractivity contribution >= 4 is 28.8 Å². The van der Waals surface area contributed by atoms with Gasteiger partial charge in [-0.2, -0.15) is 0 Å². The molecule has 140 valence electrons.